The highest BCUT2D eigenvalue weighted by Crippen LogP contribution is 2.51. The van der Waals surface area contributed by atoms with Gasteiger partial charge in [-0.3, -0.25) is 0 Å². The molecule has 5 rings (SSSR count). The number of methoxy groups -OCH3 is 2. The summed E-state index contributed by atoms with van der Waals surface area (Å²) in [5, 5.41) is 10.7. The SMILES string of the molecule is COCO[C@H]1C2OC3(c4ccccc4)O[C@@H]1C(O)[C@H](O3)[C@H]2OCOC. The van der Waals surface area contributed by atoms with E-state index in [1.807, 2.05) is 30.3 Å². The average Bonchev–Trinajstić information content (AvgIpc) is 2.65. The minimum atomic E-state index is -1.37. The molecule has 3 unspecified atom stereocenters. The molecular formula is C17H22O8. The van der Waals surface area contributed by atoms with Crippen LogP contribution in [0, 0.1) is 0 Å². The van der Waals surface area contributed by atoms with Crippen molar-refractivity contribution in [2.45, 2.75) is 42.6 Å². The van der Waals surface area contributed by atoms with E-state index in [1.165, 1.54) is 14.2 Å². The van der Waals surface area contributed by atoms with Gasteiger partial charge in [0.2, 0.25) is 0 Å². The maximum Gasteiger partial charge on any atom is 0.313 e. The van der Waals surface area contributed by atoms with Crippen molar-refractivity contribution in [3.8, 4) is 0 Å². The summed E-state index contributed by atoms with van der Waals surface area (Å²) in [7, 11) is 3.06. The maximum atomic E-state index is 10.7. The Hall–Kier alpha value is -1.10. The van der Waals surface area contributed by atoms with Crippen molar-refractivity contribution < 1.29 is 38.3 Å². The summed E-state index contributed by atoms with van der Waals surface area (Å²) in [6.45, 7) is 0.107. The summed E-state index contributed by atoms with van der Waals surface area (Å²) in [6, 6.07) is 9.36. The summed E-state index contributed by atoms with van der Waals surface area (Å²) in [5.74, 6) is -1.37. The molecule has 3 saturated heterocycles. The Morgan fingerprint density at radius 2 is 1.40 bits per heavy atom. The van der Waals surface area contributed by atoms with E-state index in [4.69, 9.17) is 33.2 Å². The molecule has 4 fully saturated rings. The van der Waals surface area contributed by atoms with Crippen molar-refractivity contribution >= 4 is 0 Å². The van der Waals surface area contributed by atoms with Crippen molar-refractivity contribution in [2.24, 2.45) is 0 Å². The fraction of sp³-hybridized carbons (Fsp3) is 0.647. The Morgan fingerprint density at radius 1 is 0.880 bits per heavy atom. The minimum absolute atomic E-state index is 0.0535. The van der Waals surface area contributed by atoms with E-state index in [0.29, 0.717) is 0 Å². The smallest absolute Gasteiger partial charge is 0.313 e. The van der Waals surface area contributed by atoms with Gasteiger partial charge in [0, 0.05) is 19.8 Å². The van der Waals surface area contributed by atoms with Gasteiger partial charge in [-0.25, -0.2) is 0 Å². The lowest BCUT2D eigenvalue weighted by atomic mass is 9.81. The largest absolute Gasteiger partial charge is 0.387 e. The van der Waals surface area contributed by atoms with Gasteiger partial charge in [-0.15, -0.1) is 0 Å². The third kappa shape index (κ3) is 2.79. The first-order valence-electron chi connectivity index (χ1n) is 8.18. The lowest BCUT2D eigenvalue weighted by Crippen LogP contribution is -2.78. The second kappa shape index (κ2) is 6.90. The van der Waals surface area contributed by atoms with Crippen LogP contribution in [0.15, 0.2) is 30.3 Å². The molecular weight excluding hydrogens is 332 g/mol. The molecule has 25 heavy (non-hydrogen) atoms. The number of rotatable bonds is 7. The Balaban J connectivity index is 1.66. The standard InChI is InChI=1S/C17H22O8/c1-19-8-21-14-12-11(18)13-15(22-9-20-2)16(14)25-17(23-12,24-13)10-6-4-3-5-7-10/h3-7,11-16,18H,8-9H2,1-2H3/t11?,12-,13+,14-,15-,16?,17?/m1/s1. The van der Waals surface area contributed by atoms with Crippen LogP contribution in [0.25, 0.3) is 0 Å². The van der Waals surface area contributed by atoms with E-state index in [2.05, 4.69) is 0 Å². The van der Waals surface area contributed by atoms with E-state index >= 15 is 0 Å². The quantitative estimate of drug-likeness (QED) is 0.702. The zero-order chi connectivity index (χ0) is 17.4. The van der Waals surface area contributed by atoms with Gasteiger partial charge in [-0.1, -0.05) is 30.3 Å². The second-order valence-electron chi connectivity index (χ2n) is 6.24. The molecule has 1 aromatic rings. The van der Waals surface area contributed by atoms with Crippen molar-refractivity contribution in [3.63, 3.8) is 0 Å². The third-order valence-corrected chi connectivity index (χ3v) is 4.73. The second-order valence-corrected chi connectivity index (χ2v) is 6.24. The van der Waals surface area contributed by atoms with Crippen LogP contribution in [0.2, 0.25) is 0 Å². The molecule has 0 amide bonds. The molecule has 3 heterocycles. The molecule has 0 radical (unpaired) electrons. The van der Waals surface area contributed by atoms with Crippen LogP contribution in [0.5, 0.6) is 0 Å². The van der Waals surface area contributed by atoms with Crippen LogP contribution in [-0.2, 0) is 39.1 Å². The van der Waals surface area contributed by atoms with E-state index in [9.17, 15) is 5.11 Å². The van der Waals surface area contributed by atoms with Crippen molar-refractivity contribution in [1.82, 2.24) is 0 Å². The lowest BCUT2D eigenvalue weighted by molar-refractivity contribution is -0.553. The zero-order valence-electron chi connectivity index (χ0n) is 14.1. The van der Waals surface area contributed by atoms with Crippen molar-refractivity contribution in [2.75, 3.05) is 27.8 Å². The summed E-state index contributed by atoms with van der Waals surface area (Å²) in [4.78, 5) is 0. The molecule has 4 bridgehead atoms. The van der Waals surface area contributed by atoms with E-state index in [1.54, 1.807) is 0 Å². The molecule has 0 aromatic heterocycles. The minimum Gasteiger partial charge on any atom is -0.387 e. The van der Waals surface area contributed by atoms with Crippen LogP contribution in [0.4, 0.5) is 0 Å². The topological polar surface area (TPSA) is 84.8 Å². The van der Waals surface area contributed by atoms with Gasteiger partial charge < -0.3 is 38.3 Å². The van der Waals surface area contributed by atoms with Gasteiger partial charge in [0.1, 0.15) is 50.2 Å². The van der Waals surface area contributed by atoms with Crippen LogP contribution in [0.1, 0.15) is 5.56 Å². The highest BCUT2D eigenvalue weighted by atomic mass is 16.9. The number of hydrogen-bond acceptors (Lipinski definition) is 8. The predicted molar refractivity (Wildman–Crippen MR) is 82.2 cm³/mol. The summed E-state index contributed by atoms with van der Waals surface area (Å²) in [6.07, 6.45) is -3.74. The van der Waals surface area contributed by atoms with Gasteiger partial charge in [-0.05, 0) is 0 Å². The molecule has 8 nitrogen and oxygen atoms in total. The molecule has 1 aliphatic carbocycles. The molecule has 3 aliphatic heterocycles. The first-order valence-corrected chi connectivity index (χ1v) is 8.18. The lowest BCUT2D eigenvalue weighted by Gasteiger charge is -2.61. The normalized spacial score (nSPS) is 42.0. The number of aliphatic hydroxyl groups excluding tert-OH is 1. The Kier molecular flexibility index (Phi) is 4.78. The first-order chi connectivity index (χ1) is 12.2. The number of benzene rings is 1. The van der Waals surface area contributed by atoms with Gasteiger partial charge in [-0.2, -0.15) is 0 Å². The average molecular weight is 354 g/mol. The molecule has 1 aromatic carbocycles. The molecule has 8 heteroatoms. The molecule has 4 aliphatic rings. The highest BCUT2D eigenvalue weighted by Gasteiger charge is 2.68. The van der Waals surface area contributed by atoms with Gasteiger partial charge in [0.15, 0.2) is 0 Å². The summed E-state index contributed by atoms with van der Waals surface area (Å²) in [5.41, 5.74) is 0.720. The Bertz CT molecular complexity index is 555. The van der Waals surface area contributed by atoms with E-state index < -0.39 is 42.6 Å². The first kappa shape index (κ1) is 17.3. The van der Waals surface area contributed by atoms with Gasteiger partial charge in [0.25, 0.3) is 0 Å². The van der Waals surface area contributed by atoms with Crippen LogP contribution >= 0.6 is 0 Å². The van der Waals surface area contributed by atoms with E-state index in [-0.39, 0.29) is 13.6 Å². The summed E-state index contributed by atoms with van der Waals surface area (Å²) < 4.78 is 39.6. The fourth-order valence-corrected chi connectivity index (χ4v) is 3.68. The Morgan fingerprint density at radius 3 is 1.92 bits per heavy atom. The highest BCUT2D eigenvalue weighted by molar-refractivity contribution is 5.22. The van der Waals surface area contributed by atoms with Crippen LogP contribution < -0.4 is 0 Å². The number of hydrogen-bond donors (Lipinski definition) is 1. The number of ether oxygens (including phenoxy) is 7. The van der Waals surface area contributed by atoms with Crippen LogP contribution in [0.3, 0.4) is 0 Å². The number of aliphatic hydroxyl groups is 1. The molecule has 138 valence electrons. The predicted octanol–water partition coefficient (Wildman–Crippen LogP) is 0.332. The van der Waals surface area contributed by atoms with Crippen molar-refractivity contribution in [3.05, 3.63) is 35.9 Å². The molecule has 1 saturated carbocycles. The fourth-order valence-electron chi connectivity index (χ4n) is 3.68. The van der Waals surface area contributed by atoms with E-state index in [0.717, 1.165) is 5.56 Å². The molecule has 1 N–H and O–H groups in total. The van der Waals surface area contributed by atoms with Gasteiger partial charge in [0.05, 0.1) is 0 Å². The zero-order valence-corrected chi connectivity index (χ0v) is 14.1. The Labute approximate surface area is 145 Å². The monoisotopic (exact) mass is 354 g/mol. The maximum absolute atomic E-state index is 10.7. The third-order valence-electron chi connectivity index (χ3n) is 4.73. The summed E-state index contributed by atoms with van der Waals surface area (Å²) >= 11 is 0. The van der Waals surface area contributed by atoms with Gasteiger partial charge >= 0.3 is 5.97 Å². The van der Waals surface area contributed by atoms with Crippen molar-refractivity contribution in [1.29, 1.82) is 0 Å². The van der Waals surface area contributed by atoms with Crippen LogP contribution in [-0.4, -0.2) is 69.5 Å². The molecule has 7 atom stereocenters. The molecule has 0 spiro atoms.